The molecule has 0 aromatic carbocycles. The molecule has 4 atom stereocenters. The van der Waals surface area contributed by atoms with Gasteiger partial charge in [-0.2, -0.15) is 0 Å². The van der Waals surface area contributed by atoms with Crippen LogP contribution < -0.4 is 0 Å². The summed E-state index contributed by atoms with van der Waals surface area (Å²) in [5.41, 5.74) is 0. The lowest BCUT2D eigenvalue weighted by Gasteiger charge is -2.64. The van der Waals surface area contributed by atoms with Crippen LogP contribution in [0.15, 0.2) is 0 Å². The Morgan fingerprint density at radius 2 is 1.17 bits per heavy atom. The predicted molar refractivity (Wildman–Crippen MR) is 169 cm³/mol. The van der Waals surface area contributed by atoms with E-state index in [0.717, 1.165) is 9.43 Å². The van der Waals surface area contributed by atoms with Crippen LogP contribution in [0.3, 0.4) is 0 Å². The van der Waals surface area contributed by atoms with Gasteiger partial charge in [-0.15, -0.1) is 7.17 Å². The molecule has 0 radical (unpaired) electrons. The van der Waals surface area contributed by atoms with Gasteiger partial charge >= 0.3 is 0 Å². The Bertz CT molecular complexity index is 787. The Morgan fingerprint density at radius 3 is 1.43 bits per heavy atom. The topological polar surface area (TPSA) is 0 Å². The van der Waals surface area contributed by atoms with Crippen molar-refractivity contribution in [1.82, 2.24) is 0 Å². The molecule has 0 saturated carbocycles. The van der Waals surface area contributed by atoms with E-state index >= 15 is 0 Å². The molecule has 2 aliphatic rings. The smallest absolute Gasteiger partial charge is 0.0832 e. The first-order valence-electron chi connectivity index (χ1n) is 12.2. The number of hydrogen-bond donors (Lipinski definition) is 0. The lowest BCUT2D eigenvalue weighted by molar-refractivity contribution is 1.24. The van der Waals surface area contributed by atoms with Crippen molar-refractivity contribution in [2.45, 2.75) is 127 Å². The van der Waals surface area contributed by atoms with Crippen molar-refractivity contribution in [3.8, 4) is 0 Å². The number of fused-ring (bicyclic) bond motifs is 1. The molecule has 176 valence electrons. The second-order valence-corrected chi connectivity index (χ2v) is 56.9. The van der Waals surface area contributed by atoms with Crippen LogP contribution in [0.25, 0.3) is 0 Å². The molecule has 0 N–H and O–H groups in total. The van der Waals surface area contributed by atoms with Gasteiger partial charge in [-0.3, -0.25) is 0 Å². The molecular formula is C22H54P2Si6. The first kappa shape index (κ1) is 28.0. The highest BCUT2D eigenvalue weighted by Crippen LogP contribution is 2.86. The monoisotopic (exact) mass is 548 g/mol. The molecule has 1 saturated heterocycles. The van der Waals surface area contributed by atoms with Crippen molar-refractivity contribution in [2.75, 3.05) is 0 Å². The minimum Gasteiger partial charge on any atom is -0.129 e. The average molecular weight is 549 g/mol. The van der Waals surface area contributed by atoms with E-state index in [0.29, 0.717) is 0 Å². The standard InChI is InChI=1S/C22H54P2Si6/c1-25(2,3)19-18-30(16,17)22(29(13,14)15)23(19)20(26(4,5)6)24(22)21(27(7,8)9)28(10,11)12/h19H,18H2,1-17H3. The van der Waals surface area contributed by atoms with Gasteiger partial charge in [0.05, 0.1) is 48.4 Å². The van der Waals surface area contributed by atoms with Crippen LogP contribution in [0.4, 0.5) is 0 Å². The largest absolute Gasteiger partial charge is 0.129 e. The number of rotatable bonds is 5. The van der Waals surface area contributed by atoms with Gasteiger partial charge in [-0.25, -0.2) is 0 Å². The van der Waals surface area contributed by atoms with Crippen molar-refractivity contribution in [3.63, 3.8) is 0 Å². The zero-order chi connectivity index (χ0) is 24.1. The summed E-state index contributed by atoms with van der Waals surface area (Å²) in [7, 11) is -7.53. The van der Waals surface area contributed by atoms with E-state index in [1.807, 2.05) is 0 Å². The molecule has 0 spiro atoms. The Morgan fingerprint density at radius 1 is 0.767 bits per heavy atom. The Hall–Kier alpha value is 1.77. The predicted octanol–water partition coefficient (Wildman–Crippen LogP) is 8.98. The molecule has 2 aliphatic heterocycles. The summed E-state index contributed by atoms with van der Waals surface area (Å²) in [5, 5.41) is 1.13. The van der Waals surface area contributed by atoms with Crippen molar-refractivity contribution in [3.05, 3.63) is 0 Å². The van der Waals surface area contributed by atoms with Crippen LogP contribution in [0.1, 0.15) is 0 Å². The van der Waals surface area contributed by atoms with E-state index in [1.165, 1.54) is 0 Å². The van der Waals surface area contributed by atoms with Crippen LogP contribution in [0, 0.1) is 0 Å². The maximum absolute atomic E-state index is 2.89. The molecule has 1 fully saturated rings. The van der Waals surface area contributed by atoms with E-state index < -0.39 is 48.4 Å². The van der Waals surface area contributed by atoms with Crippen molar-refractivity contribution in [1.29, 1.82) is 0 Å². The zero-order valence-electron chi connectivity index (χ0n) is 23.7. The SMILES string of the molecule is C[Si](C)(C)C1=P(=C([Si](C)(C)C)[Si](C)(C)C)C2([Si](C)(C)C)P1C([Si](C)(C)C)C[Si]2(C)C. The fourth-order valence-electron chi connectivity index (χ4n) is 7.36. The highest BCUT2D eigenvalue weighted by atomic mass is 31.2. The molecule has 2 heterocycles. The third-order valence-electron chi connectivity index (χ3n) is 7.43. The first-order chi connectivity index (χ1) is 12.8. The molecule has 30 heavy (non-hydrogen) atoms. The third kappa shape index (κ3) is 4.18. The Balaban J connectivity index is 3.26. The van der Waals surface area contributed by atoms with Gasteiger partial charge in [0.2, 0.25) is 0 Å². The van der Waals surface area contributed by atoms with E-state index in [1.54, 1.807) is 6.04 Å². The summed E-state index contributed by atoms with van der Waals surface area (Å²) in [6.45, 7) is 47.0. The van der Waals surface area contributed by atoms with Crippen LogP contribution in [-0.2, 0) is 0 Å². The molecule has 0 aromatic rings. The van der Waals surface area contributed by atoms with Gasteiger partial charge in [0.15, 0.2) is 0 Å². The molecule has 2 rings (SSSR count). The van der Waals surface area contributed by atoms with Gasteiger partial charge < -0.3 is 0 Å². The summed E-state index contributed by atoms with van der Waals surface area (Å²) >= 11 is 0. The fraction of sp³-hybridized carbons (Fsp3) is 0.909. The average Bonchev–Trinajstić information content (AvgIpc) is 2.53. The van der Waals surface area contributed by atoms with E-state index in [2.05, 4.69) is 120 Å². The lowest BCUT2D eigenvalue weighted by Crippen LogP contribution is -2.68. The highest BCUT2D eigenvalue weighted by Gasteiger charge is 2.74. The van der Waals surface area contributed by atoms with Gasteiger partial charge in [0, 0.05) is 4.14 Å². The van der Waals surface area contributed by atoms with Gasteiger partial charge in [-0.1, -0.05) is 130 Å². The van der Waals surface area contributed by atoms with E-state index in [9.17, 15) is 0 Å². The lowest BCUT2D eigenvalue weighted by atomic mass is 10.9. The van der Waals surface area contributed by atoms with E-state index in [4.69, 9.17) is 0 Å². The Labute approximate surface area is 198 Å². The summed E-state index contributed by atoms with van der Waals surface area (Å²) in [6.07, 6.45) is 0. The zero-order valence-corrected chi connectivity index (χ0v) is 31.5. The highest BCUT2D eigenvalue weighted by molar-refractivity contribution is 8.18. The van der Waals surface area contributed by atoms with Crippen LogP contribution in [0.2, 0.25) is 117 Å². The quantitative estimate of drug-likeness (QED) is 0.237. The summed E-state index contributed by atoms with van der Waals surface area (Å²) in [5.74, 6) is 0. The van der Waals surface area contributed by atoms with Crippen LogP contribution >= 0.6 is 15.1 Å². The van der Waals surface area contributed by atoms with Gasteiger partial charge in [0.25, 0.3) is 0 Å². The normalized spacial score (nSPS) is 31.5. The van der Waals surface area contributed by atoms with Crippen molar-refractivity contribution in [2.24, 2.45) is 0 Å². The van der Waals surface area contributed by atoms with Crippen LogP contribution in [-0.4, -0.2) is 67.1 Å². The molecule has 0 aliphatic carbocycles. The maximum Gasteiger partial charge on any atom is 0.0832 e. The van der Waals surface area contributed by atoms with Crippen LogP contribution in [0.5, 0.6) is 0 Å². The molecule has 0 aromatic heterocycles. The summed E-state index contributed by atoms with van der Waals surface area (Å²) in [6, 6.07) is 1.68. The molecule has 4 unspecified atom stereocenters. The maximum atomic E-state index is 2.89. The molecule has 0 amide bonds. The summed E-state index contributed by atoms with van der Waals surface area (Å²) in [4.78, 5) is 0. The van der Waals surface area contributed by atoms with Crippen molar-refractivity contribution >= 4 is 72.7 Å². The second kappa shape index (κ2) is 7.63. The van der Waals surface area contributed by atoms with Crippen molar-refractivity contribution < 1.29 is 0 Å². The third-order valence-corrected chi connectivity index (χ3v) is 59.1. The van der Waals surface area contributed by atoms with Gasteiger partial charge in [0.1, 0.15) is 0 Å². The second-order valence-electron chi connectivity index (χ2n) is 16.0. The molecule has 0 bridgehead atoms. The Kier molecular flexibility index (Phi) is 7.13. The number of hydrogen-bond acceptors (Lipinski definition) is 0. The fourth-order valence-corrected chi connectivity index (χ4v) is 78.6. The molecule has 0 nitrogen and oxygen atoms in total. The van der Waals surface area contributed by atoms with Gasteiger partial charge in [-0.05, 0) is 9.94 Å². The molecule has 8 heteroatoms. The first-order valence-corrected chi connectivity index (χ1v) is 35.7. The molecular weight excluding hydrogens is 495 g/mol. The summed E-state index contributed by atoms with van der Waals surface area (Å²) < 4.78 is 5.42. The van der Waals surface area contributed by atoms with E-state index in [-0.39, 0.29) is 15.1 Å². The minimum atomic E-state index is -1.32. The minimum absolute atomic E-state index is 0.0297.